The Labute approximate surface area is 144 Å². The summed E-state index contributed by atoms with van der Waals surface area (Å²) < 4.78 is 0. The van der Waals surface area contributed by atoms with Crippen molar-refractivity contribution in [3.8, 4) is 0 Å². The highest BCUT2D eigenvalue weighted by Crippen LogP contribution is 2.39. The van der Waals surface area contributed by atoms with Gasteiger partial charge in [-0.3, -0.25) is 14.4 Å². The van der Waals surface area contributed by atoms with Gasteiger partial charge in [0.1, 0.15) is 0 Å². The summed E-state index contributed by atoms with van der Waals surface area (Å²) in [6.45, 7) is 3.90. The zero-order valence-electron chi connectivity index (χ0n) is 14.1. The lowest BCUT2D eigenvalue weighted by Crippen LogP contribution is -2.26. The van der Waals surface area contributed by atoms with Crippen LogP contribution in [0.4, 0.5) is 0 Å². The molecule has 0 saturated carbocycles. The van der Waals surface area contributed by atoms with Gasteiger partial charge in [-0.25, -0.2) is 0 Å². The minimum absolute atomic E-state index is 0.0502. The largest absolute Gasteiger partial charge is 0.512 e. The zero-order chi connectivity index (χ0) is 17.4. The standard InChI is InChI=1S/C18H28O4S/c1-3-12(11-23)7-13-8-14(5-6-15(20)10-19)18(16(21)4-2)17(22)9-13/h10,12-14,22-23H,3-9,11H2,1-2H3. The Kier molecular flexibility index (Phi) is 8.59. The van der Waals surface area contributed by atoms with E-state index in [0.29, 0.717) is 43.0 Å². The molecule has 0 aromatic heterocycles. The summed E-state index contributed by atoms with van der Waals surface area (Å²) in [5.41, 5.74) is 0.487. The lowest BCUT2D eigenvalue weighted by molar-refractivity contribution is -0.130. The average molecular weight is 340 g/mol. The number of carbonyl (C=O) groups is 3. The molecule has 5 heteroatoms. The van der Waals surface area contributed by atoms with Crippen molar-refractivity contribution in [2.24, 2.45) is 17.8 Å². The molecule has 0 bridgehead atoms. The van der Waals surface area contributed by atoms with Gasteiger partial charge in [0.15, 0.2) is 17.9 Å². The third-order valence-corrected chi connectivity index (χ3v) is 5.33. The summed E-state index contributed by atoms with van der Waals surface area (Å²) in [6, 6.07) is 0. The molecule has 0 amide bonds. The molecule has 23 heavy (non-hydrogen) atoms. The number of allylic oxidation sites excluding steroid dienone is 2. The van der Waals surface area contributed by atoms with Crippen molar-refractivity contribution in [3.05, 3.63) is 11.3 Å². The Morgan fingerprint density at radius 2 is 2.09 bits per heavy atom. The Morgan fingerprint density at radius 3 is 2.61 bits per heavy atom. The summed E-state index contributed by atoms with van der Waals surface area (Å²) in [7, 11) is 0. The first-order valence-corrected chi connectivity index (χ1v) is 9.13. The summed E-state index contributed by atoms with van der Waals surface area (Å²) in [5.74, 6) is 1.18. The van der Waals surface area contributed by atoms with Gasteiger partial charge >= 0.3 is 0 Å². The van der Waals surface area contributed by atoms with E-state index < -0.39 is 5.78 Å². The van der Waals surface area contributed by atoms with Crippen molar-refractivity contribution >= 4 is 30.5 Å². The minimum atomic E-state index is -0.447. The van der Waals surface area contributed by atoms with Gasteiger partial charge in [-0.1, -0.05) is 20.3 Å². The van der Waals surface area contributed by atoms with Crippen LogP contribution in [-0.4, -0.2) is 28.7 Å². The molecule has 1 N–H and O–H groups in total. The highest BCUT2D eigenvalue weighted by Gasteiger charge is 2.33. The van der Waals surface area contributed by atoms with Crippen molar-refractivity contribution in [2.75, 3.05) is 5.75 Å². The number of Topliss-reactive ketones (excluding diaryl/α,β-unsaturated/α-hetero) is 2. The van der Waals surface area contributed by atoms with E-state index in [-0.39, 0.29) is 23.9 Å². The lowest BCUT2D eigenvalue weighted by atomic mass is 9.73. The quantitative estimate of drug-likeness (QED) is 0.361. The topological polar surface area (TPSA) is 71.4 Å². The number of aliphatic hydroxyl groups is 1. The first-order chi connectivity index (χ1) is 11.0. The molecule has 3 atom stereocenters. The normalized spacial score (nSPS) is 22.7. The van der Waals surface area contributed by atoms with Crippen LogP contribution in [0.25, 0.3) is 0 Å². The van der Waals surface area contributed by atoms with Crippen molar-refractivity contribution in [1.82, 2.24) is 0 Å². The van der Waals surface area contributed by atoms with Crippen LogP contribution >= 0.6 is 12.6 Å². The van der Waals surface area contributed by atoms with Gasteiger partial charge in [0.2, 0.25) is 0 Å². The minimum Gasteiger partial charge on any atom is -0.512 e. The number of thiol groups is 1. The van der Waals surface area contributed by atoms with Crippen LogP contribution in [-0.2, 0) is 14.4 Å². The summed E-state index contributed by atoms with van der Waals surface area (Å²) >= 11 is 4.37. The van der Waals surface area contributed by atoms with Gasteiger partial charge in [-0.15, -0.1) is 0 Å². The van der Waals surface area contributed by atoms with Crippen molar-refractivity contribution < 1.29 is 19.5 Å². The Bertz CT molecular complexity index is 466. The van der Waals surface area contributed by atoms with E-state index in [0.717, 1.165) is 25.0 Å². The van der Waals surface area contributed by atoms with Gasteiger partial charge in [0, 0.05) is 24.8 Å². The molecule has 0 aromatic carbocycles. The average Bonchev–Trinajstić information content (AvgIpc) is 2.56. The van der Waals surface area contributed by atoms with Crippen LogP contribution in [0.15, 0.2) is 11.3 Å². The lowest BCUT2D eigenvalue weighted by Gasteiger charge is -2.32. The van der Waals surface area contributed by atoms with E-state index in [1.165, 1.54) is 0 Å². The van der Waals surface area contributed by atoms with Gasteiger partial charge in [0.05, 0.1) is 5.76 Å². The maximum atomic E-state index is 12.2. The molecule has 0 fully saturated rings. The maximum absolute atomic E-state index is 12.2. The van der Waals surface area contributed by atoms with E-state index in [1.54, 1.807) is 6.92 Å². The molecular formula is C18H28O4S. The fourth-order valence-electron chi connectivity index (χ4n) is 3.46. The van der Waals surface area contributed by atoms with Crippen molar-refractivity contribution in [1.29, 1.82) is 0 Å². The highest BCUT2D eigenvalue weighted by molar-refractivity contribution is 7.80. The Balaban J connectivity index is 2.90. The van der Waals surface area contributed by atoms with Gasteiger partial charge in [0.25, 0.3) is 0 Å². The van der Waals surface area contributed by atoms with Gasteiger partial charge in [-0.05, 0) is 42.8 Å². The molecule has 0 saturated heterocycles. The van der Waals surface area contributed by atoms with E-state index in [2.05, 4.69) is 19.6 Å². The van der Waals surface area contributed by atoms with Crippen molar-refractivity contribution in [3.63, 3.8) is 0 Å². The molecule has 1 aliphatic carbocycles. The Hall–Kier alpha value is -1.10. The molecular weight excluding hydrogens is 312 g/mol. The molecule has 0 spiro atoms. The number of ketones is 2. The first kappa shape index (κ1) is 19.9. The number of aldehydes is 1. The predicted octanol–water partition coefficient (Wildman–Crippen LogP) is 3.70. The van der Waals surface area contributed by atoms with Crippen molar-refractivity contribution in [2.45, 2.75) is 58.8 Å². The number of aliphatic hydroxyl groups excluding tert-OH is 1. The molecule has 1 aliphatic rings. The van der Waals surface area contributed by atoms with Crippen LogP contribution in [0.3, 0.4) is 0 Å². The number of carbonyl (C=O) groups excluding carboxylic acids is 3. The van der Waals surface area contributed by atoms with E-state index in [9.17, 15) is 19.5 Å². The SMILES string of the molecule is CCC(=O)C1=C(O)CC(CC(CC)CS)CC1CCC(=O)C=O. The highest BCUT2D eigenvalue weighted by atomic mass is 32.1. The first-order valence-electron chi connectivity index (χ1n) is 8.50. The smallest absolute Gasteiger partial charge is 0.195 e. The molecule has 1 rings (SSSR count). The number of rotatable bonds is 10. The van der Waals surface area contributed by atoms with E-state index in [4.69, 9.17) is 0 Å². The van der Waals surface area contributed by atoms with Gasteiger partial charge in [-0.2, -0.15) is 12.6 Å². The third-order valence-electron chi connectivity index (χ3n) is 4.81. The fraction of sp³-hybridized carbons (Fsp3) is 0.722. The molecule has 0 aromatic rings. The van der Waals surface area contributed by atoms with Crippen LogP contribution in [0.5, 0.6) is 0 Å². The van der Waals surface area contributed by atoms with Crippen LogP contribution in [0.1, 0.15) is 58.8 Å². The number of hydrogen-bond acceptors (Lipinski definition) is 5. The fourth-order valence-corrected chi connectivity index (χ4v) is 3.87. The predicted molar refractivity (Wildman–Crippen MR) is 93.7 cm³/mol. The monoisotopic (exact) mass is 340 g/mol. The van der Waals surface area contributed by atoms with E-state index >= 15 is 0 Å². The molecule has 0 radical (unpaired) electrons. The molecule has 130 valence electrons. The second kappa shape index (κ2) is 9.91. The van der Waals surface area contributed by atoms with Gasteiger partial charge < -0.3 is 5.11 Å². The number of hydrogen-bond donors (Lipinski definition) is 2. The summed E-state index contributed by atoms with van der Waals surface area (Å²) in [5, 5.41) is 10.4. The third kappa shape index (κ3) is 5.79. The molecule has 4 nitrogen and oxygen atoms in total. The maximum Gasteiger partial charge on any atom is 0.195 e. The van der Waals surface area contributed by atoms with Crippen LogP contribution < -0.4 is 0 Å². The zero-order valence-corrected chi connectivity index (χ0v) is 15.0. The summed E-state index contributed by atoms with van der Waals surface area (Å²) in [4.78, 5) is 34.0. The molecule has 0 heterocycles. The second-order valence-electron chi connectivity index (χ2n) is 6.46. The second-order valence-corrected chi connectivity index (χ2v) is 6.82. The molecule has 3 unspecified atom stereocenters. The summed E-state index contributed by atoms with van der Waals surface area (Å²) in [6.07, 6.45) is 4.60. The van der Waals surface area contributed by atoms with E-state index in [1.807, 2.05) is 0 Å². The van der Waals surface area contributed by atoms with Crippen LogP contribution in [0.2, 0.25) is 0 Å². The Morgan fingerprint density at radius 1 is 1.39 bits per heavy atom. The molecule has 0 aliphatic heterocycles. The van der Waals surface area contributed by atoms with Crippen LogP contribution in [0, 0.1) is 17.8 Å².